The van der Waals surface area contributed by atoms with E-state index in [2.05, 4.69) is 56.9 Å². The molecule has 2 N–H and O–H groups in total. The first-order valence-electron chi connectivity index (χ1n) is 8.34. The van der Waals surface area contributed by atoms with Gasteiger partial charge in [-0.2, -0.15) is 4.98 Å². The molecule has 0 amide bonds. The molecular formula is C16H26N6OS. The Kier molecular flexibility index (Phi) is 7.17. The van der Waals surface area contributed by atoms with E-state index in [9.17, 15) is 0 Å². The molecule has 0 fully saturated rings. The van der Waals surface area contributed by atoms with Gasteiger partial charge in [-0.25, -0.2) is 9.98 Å². The Morgan fingerprint density at radius 3 is 2.79 bits per heavy atom. The maximum Gasteiger partial charge on any atom is 0.226 e. The molecule has 24 heavy (non-hydrogen) atoms. The molecule has 0 saturated heterocycles. The van der Waals surface area contributed by atoms with Gasteiger partial charge in [0.1, 0.15) is 5.01 Å². The normalized spacial score (nSPS) is 12.0. The third-order valence-corrected chi connectivity index (χ3v) is 4.16. The lowest BCUT2D eigenvalue weighted by molar-refractivity contribution is 0.372. The third-order valence-electron chi connectivity index (χ3n) is 3.31. The molecule has 2 heterocycles. The highest BCUT2D eigenvalue weighted by molar-refractivity contribution is 7.09. The van der Waals surface area contributed by atoms with Crippen LogP contribution in [0.4, 0.5) is 0 Å². The second-order valence-electron chi connectivity index (χ2n) is 5.78. The largest absolute Gasteiger partial charge is 0.357 e. The van der Waals surface area contributed by atoms with Gasteiger partial charge in [-0.1, -0.05) is 19.0 Å². The second kappa shape index (κ2) is 9.36. The SMILES string of the molecule is CCNC(=NCc1nc(C(C)C)cs1)NCCCc1nc(C)no1. The average molecular weight is 350 g/mol. The van der Waals surface area contributed by atoms with Crippen molar-refractivity contribution in [3.05, 3.63) is 27.8 Å². The van der Waals surface area contributed by atoms with E-state index in [1.54, 1.807) is 11.3 Å². The van der Waals surface area contributed by atoms with Crippen LogP contribution in [0.25, 0.3) is 0 Å². The number of thiazole rings is 1. The molecule has 0 radical (unpaired) electrons. The number of aromatic nitrogens is 3. The van der Waals surface area contributed by atoms with Crippen molar-refractivity contribution in [3.63, 3.8) is 0 Å². The van der Waals surface area contributed by atoms with E-state index in [4.69, 9.17) is 4.52 Å². The van der Waals surface area contributed by atoms with Gasteiger partial charge in [0.25, 0.3) is 0 Å². The zero-order valence-electron chi connectivity index (χ0n) is 14.8. The molecule has 132 valence electrons. The van der Waals surface area contributed by atoms with Crippen molar-refractivity contribution < 1.29 is 4.52 Å². The van der Waals surface area contributed by atoms with E-state index < -0.39 is 0 Å². The smallest absolute Gasteiger partial charge is 0.226 e. The number of guanidine groups is 1. The maximum absolute atomic E-state index is 5.10. The van der Waals surface area contributed by atoms with Crippen molar-refractivity contribution in [2.75, 3.05) is 13.1 Å². The van der Waals surface area contributed by atoms with Gasteiger partial charge >= 0.3 is 0 Å². The summed E-state index contributed by atoms with van der Waals surface area (Å²) in [6.07, 6.45) is 1.66. The van der Waals surface area contributed by atoms with Crippen LogP contribution < -0.4 is 10.6 Å². The van der Waals surface area contributed by atoms with E-state index in [-0.39, 0.29) is 0 Å². The summed E-state index contributed by atoms with van der Waals surface area (Å²) in [7, 11) is 0. The fourth-order valence-electron chi connectivity index (χ4n) is 2.04. The molecule has 2 rings (SSSR count). The highest BCUT2D eigenvalue weighted by atomic mass is 32.1. The molecule has 0 bridgehead atoms. The highest BCUT2D eigenvalue weighted by Gasteiger charge is 2.06. The van der Waals surface area contributed by atoms with Crippen LogP contribution in [-0.4, -0.2) is 34.2 Å². The highest BCUT2D eigenvalue weighted by Crippen LogP contribution is 2.18. The Balaban J connectivity index is 1.79. The van der Waals surface area contributed by atoms with Gasteiger partial charge < -0.3 is 15.2 Å². The lowest BCUT2D eigenvalue weighted by atomic mass is 10.2. The van der Waals surface area contributed by atoms with Gasteiger partial charge in [-0.15, -0.1) is 11.3 Å². The molecule has 0 spiro atoms. The first-order valence-corrected chi connectivity index (χ1v) is 9.22. The molecule has 8 heteroatoms. The molecule has 0 aliphatic rings. The minimum Gasteiger partial charge on any atom is -0.357 e. The fraction of sp³-hybridized carbons (Fsp3) is 0.625. The van der Waals surface area contributed by atoms with Crippen molar-refractivity contribution in [2.45, 2.75) is 53.0 Å². The third kappa shape index (κ3) is 5.92. The molecule has 0 aliphatic heterocycles. The Bertz CT molecular complexity index is 649. The summed E-state index contributed by atoms with van der Waals surface area (Å²) in [5, 5.41) is 13.5. The molecule has 2 aromatic heterocycles. The number of hydrogen-bond acceptors (Lipinski definition) is 6. The summed E-state index contributed by atoms with van der Waals surface area (Å²) in [5.41, 5.74) is 1.14. The van der Waals surface area contributed by atoms with Gasteiger partial charge in [0.05, 0.1) is 12.2 Å². The summed E-state index contributed by atoms with van der Waals surface area (Å²) < 4.78 is 5.10. The summed E-state index contributed by atoms with van der Waals surface area (Å²) in [4.78, 5) is 13.4. The van der Waals surface area contributed by atoms with E-state index in [1.165, 1.54) is 0 Å². The lowest BCUT2D eigenvalue weighted by Gasteiger charge is -2.10. The predicted octanol–water partition coefficient (Wildman–Crippen LogP) is 2.65. The van der Waals surface area contributed by atoms with Gasteiger partial charge in [-0.3, -0.25) is 0 Å². The number of aryl methyl sites for hydroxylation is 2. The van der Waals surface area contributed by atoms with Gasteiger partial charge in [0.15, 0.2) is 11.8 Å². The van der Waals surface area contributed by atoms with Gasteiger partial charge in [-0.05, 0) is 26.2 Å². The molecule has 7 nitrogen and oxygen atoms in total. The maximum atomic E-state index is 5.10. The van der Waals surface area contributed by atoms with Crippen LogP contribution in [0, 0.1) is 6.92 Å². The van der Waals surface area contributed by atoms with Crippen LogP contribution in [0.3, 0.4) is 0 Å². The minimum absolute atomic E-state index is 0.457. The zero-order valence-corrected chi connectivity index (χ0v) is 15.6. The van der Waals surface area contributed by atoms with Crippen LogP contribution in [0.1, 0.15) is 55.5 Å². The standard InChI is InChI=1S/C16H26N6OS/c1-5-17-16(18-8-6-7-14-20-12(4)22-23-14)19-9-15-21-13(10-24-15)11(2)3/h10-11H,5-9H2,1-4H3,(H2,17,18,19). The molecule has 2 aromatic rings. The van der Waals surface area contributed by atoms with Crippen LogP contribution in [0.5, 0.6) is 0 Å². The molecule has 0 atom stereocenters. The monoisotopic (exact) mass is 350 g/mol. The van der Waals surface area contributed by atoms with Crippen LogP contribution in [0.2, 0.25) is 0 Å². The van der Waals surface area contributed by atoms with Crippen LogP contribution >= 0.6 is 11.3 Å². The van der Waals surface area contributed by atoms with Crippen LogP contribution in [0.15, 0.2) is 14.9 Å². The van der Waals surface area contributed by atoms with Crippen molar-refractivity contribution in [2.24, 2.45) is 4.99 Å². The number of nitrogens with zero attached hydrogens (tertiary/aromatic N) is 4. The average Bonchev–Trinajstić information content (AvgIpc) is 3.18. The second-order valence-corrected chi connectivity index (χ2v) is 6.72. The van der Waals surface area contributed by atoms with Crippen molar-refractivity contribution in [1.82, 2.24) is 25.8 Å². The van der Waals surface area contributed by atoms with Crippen molar-refractivity contribution >= 4 is 17.3 Å². The van der Waals surface area contributed by atoms with E-state index in [0.717, 1.165) is 42.6 Å². The topological polar surface area (TPSA) is 88.2 Å². The summed E-state index contributed by atoms with van der Waals surface area (Å²) in [6, 6.07) is 0. The Labute approximate surface area is 147 Å². The molecule has 0 unspecified atom stereocenters. The lowest BCUT2D eigenvalue weighted by Crippen LogP contribution is -2.37. The quantitative estimate of drug-likeness (QED) is 0.432. The number of aliphatic imine (C=N–C) groups is 1. The molecule has 0 aliphatic carbocycles. The molecule has 0 aromatic carbocycles. The number of nitrogens with one attached hydrogen (secondary N) is 2. The van der Waals surface area contributed by atoms with Crippen LogP contribution in [-0.2, 0) is 13.0 Å². The van der Waals surface area contributed by atoms with Crippen molar-refractivity contribution in [1.29, 1.82) is 0 Å². The minimum atomic E-state index is 0.457. The first-order chi connectivity index (χ1) is 11.6. The molecular weight excluding hydrogens is 324 g/mol. The Hall–Kier alpha value is -1.96. The zero-order chi connectivity index (χ0) is 17.4. The summed E-state index contributed by atoms with van der Waals surface area (Å²) in [5.74, 6) is 2.62. The summed E-state index contributed by atoms with van der Waals surface area (Å²) in [6.45, 7) is 10.4. The van der Waals surface area contributed by atoms with Crippen molar-refractivity contribution in [3.8, 4) is 0 Å². The van der Waals surface area contributed by atoms with Gasteiger partial charge in [0, 0.05) is 24.9 Å². The fourth-order valence-corrected chi connectivity index (χ4v) is 2.92. The van der Waals surface area contributed by atoms with E-state index in [1.807, 2.05) is 6.92 Å². The number of hydrogen-bond donors (Lipinski definition) is 2. The Morgan fingerprint density at radius 2 is 2.17 bits per heavy atom. The van der Waals surface area contributed by atoms with E-state index >= 15 is 0 Å². The predicted molar refractivity (Wildman–Crippen MR) is 96.4 cm³/mol. The van der Waals surface area contributed by atoms with E-state index in [0.29, 0.717) is 24.2 Å². The molecule has 0 saturated carbocycles. The first kappa shape index (κ1) is 18.4. The number of rotatable bonds is 8. The van der Waals surface area contributed by atoms with Gasteiger partial charge in [0.2, 0.25) is 5.89 Å². The Morgan fingerprint density at radius 1 is 1.33 bits per heavy atom. The summed E-state index contributed by atoms with van der Waals surface area (Å²) >= 11 is 1.66.